The number of carboxylic acid groups (broad SMARTS) is 1. The molecule has 1 fully saturated rings. The molecule has 0 aromatic heterocycles. The van der Waals surface area contributed by atoms with E-state index in [0.29, 0.717) is 26.2 Å². The van der Waals surface area contributed by atoms with Crippen molar-refractivity contribution in [2.24, 2.45) is 0 Å². The van der Waals surface area contributed by atoms with Crippen LogP contribution < -0.4 is 0 Å². The molecule has 1 amide bonds. The molecule has 1 aromatic carbocycles. The van der Waals surface area contributed by atoms with Gasteiger partial charge in [-0.3, -0.25) is 19.4 Å². The molecule has 2 aliphatic heterocycles. The predicted molar refractivity (Wildman–Crippen MR) is 85.8 cm³/mol. The van der Waals surface area contributed by atoms with Gasteiger partial charge in [-0.05, 0) is 11.1 Å². The number of hydrogen-bond donors (Lipinski definition) is 1. The number of fused-ring (bicyclic) bond motifs is 1. The lowest BCUT2D eigenvalue weighted by Gasteiger charge is -2.35. The van der Waals surface area contributed by atoms with Gasteiger partial charge in [-0.1, -0.05) is 24.3 Å². The van der Waals surface area contributed by atoms with Crippen LogP contribution in [0.15, 0.2) is 24.3 Å². The third kappa shape index (κ3) is 4.09. The van der Waals surface area contributed by atoms with Gasteiger partial charge in [-0.25, -0.2) is 0 Å². The van der Waals surface area contributed by atoms with Crippen molar-refractivity contribution < 1.29 is 14.7 Å². The minimum Gasteiger partial charge on any atom is -0.481 e. The Labute approximate surface area is 136 Å². The summed E-state index contributed by atoms with van der Waals surface area (Å²) in [5.74, 6) is -0.590. The van der Waals surface area contributed by atoms with Crippen LogP contribution in [0, 0.1) is 0 Å². The number of amides is 1. The largest absolute Gasteiger partial charge is 0.481 e. The number of hydrogen-bond acceptors (Lipinski definition) is 4. The minimum atomic E-state index is -0.767. The number of benzene rings is 1. The smallest absolute Gasteiger partial charge is 0.304 e. The molecule has 0 spiro atoms. The second-order valence-electron chi connectivity index (χ2n) is 6.28. The normalized spacial score (nSPS) is 18.9. The number of carbonyl (C=O) groups is 2. The summed E-state index contributed by atoms with van der Waals surface area (Å²) in [6.07, 6.45) is 0.167. The van der Waals surface area contributed by atoms with Crippen molar-refractivity contribution in [2.75, 3.05) is 39.3 Å². The third-order valence-electron chi connectivity index (χ3n) is 4.63. The van der Waals surface area contributed by atoms with Crippen LogP contribution in [-0.2, 0) is 22.7 Å². The average molecular weight is 317 g/mol. The first-order valence-corrected chi connectivity index (χ1v) is 8.13. The molecule has 2 heterocycles. The van der Waals surface area contributed by atoms with Crippen LogP contribution in [0.1, 0.15) is 17.5 Å². The van der Waals surface area contributed by atoms with E-state index in [0.717, 1.165) is 26.2 Å². The molecule has 1 N–H and O–H groups in total. The highest BCUT2D eigenvalue weighted by atomic mass is 16.4. The topological polar surface area (TPSA) is 64.1 Å². The van der Waals surface area contributed by atoms with Crippen LogP contribution in [0.5, 0.6) is 0 Å². The van der Waals surface area contributed by atoms with Crippen molar-refractivity contribution in [3.8, 4) is 0 Å². The number of nitrogens with zero attached hydrogens (tertiary/aromatic N) is 3. The predicted octanol–water partition coefficient (Wildman–Crippen LogP) is 0.621. The standard InChI is InChI=1S/C17H23N3O3/c21-16(13-19-11-14-3-1-2-4-15(14)12-19)20-9-7-18(8-10-20)6-5-17(22)23/h1-4H,5-13H2,(H,22,23). The molecule has 2 aliphatic rings. The molecule has 0 aliphatic carbocycles. The van der Waals surface area contributed by atoms with E-state index in [2.05, 4.69) is 21.9 Å². The summed E-state index contributed by atoms with van der Waals surface area (Å²) in [5, 5.41) is 8.72. The van der Waals surface area contributed by atoms with E-state index in [-0.39, 0.29) is 12.3 Å². The van der Waals surface area contributed by atoms with Crippen LogP contribution in [0.2, 0.25) is 0 Å². The summed E-state index contributed by atoms with van der Waals surface area (Å²) in [7, 11) is 0. The van der Waals surface area contributed by atoms with E-state index >= 15 is 0 Å². The first kappa shape index (κ1) is 16.0. The highest BCUT2D eigenvalue weighted by molar-refractivity contribution is 5.78. The fourth-order valence-corrected chi connectivity index (χ4v) is 3.28. The molecule has 3 rings (SSSR count). The van der Waals surface area contributed by atoms with E-state index in [9.17, 15) is 9.59 Å². The van der Waals surface area contributed by atoms with Gasteiger partial charge in [0.2, 0.25) is 5.91 Å². The molecule has 124 valence electrons. The maximum absolute atomic E-state index is 12.4. The fraction of sp³-hybridized carbons (Fsp3) is 0.529. The summed E-state index contributed by atoms with van der Waals surface area (Å²) in [6.45, 7) is 5.64. The molecule has 1 saturated heterocycles. The molecule has 0 saturated carbocycles. The van der Waals surface area contributed by atoms with Gasteiger partial charge >= 0.3 is 5.97 Å². The zero-order valence-corrected chi connectivity index (χ0v) is 13.3. The summed E-state index contributed by atoms with van der Waals surface area (Å²) in [6, 6.07) is 8.34. The van der Waals surface area contributed by atoms with E-state index < -0.39 is 5.97 Å². The van der Waals surface area contributed by atoms with E-state index in [4.69, 9.17) is 5.11 Å². The van der Waals surface area contributed by atoms with Crippen molar-refractivity contribution in [1.29, 1.82) is 0 Å². The number of aliphatic carboxylic acids is 1. The van der Waals surface area contributed by atoms with E-state index in [1.165, 1.54) is 11.1 Å². The maximum Gasteiger partial charge on any atom is 0.304 e. The Hall–Kier alpha value is -1.92. The van der Waals surface area contributed by atoms with Crippen molar-refractivity contribution in [2.45, 2.75) is 19.5 Å². The molecule has 0 radical (unpaired) electrons. The van der Waals surface area contributed by atoms with Gasteiger partial charge in [0, 0.05) is 45.8 Å². The molecule has 23 heavy (non-hydrogen) atoms. The fourth-order valence-electron chi connectivity index (χ4n) is 3.28. The summed E-state index contributed by atoms with van der Waals surface area (Å²) in [4.78, 5) is 29.3. The number of carboxylic acids is 1. The van der Waals surface area contributed by atoms with Crippen LogP contribution >= 0.6 is 0 Å². The summed E-state index contributed by atoms with van der Waals surface area (Å²) < 4.78 is 0. The van der Waals surface area contributed by atoms with Crippen molar-refractivity contribution >= 4 is 11.9 Å². The average Bonchev–Trinajstić information content (AvgIpc) is 2.95. The van der Waals surface area contributed by atoms with Gasteiger partial charge < -0.3 is 10.0 Å². The van der Waals surface area contributed by atoms with Crippen LogP contribution in [0.25, 0.3) is 0 Å². The Kier molecular flexibility index (Phi) is 4.93. The van der Waals surface area contributed by atoms with E-state index in [1.54, 1.807) is 0 Å². The van der Waals surface area contributed by atoms with Gasteiger partial charge in [0.25, 0.3) is 0 Å². The molecular formula is C17H23N3O3. The molecule has 0 atom stereocenters. The highest BCUT2D eigenvalue weighted by Crippen LogP contribution is 2.22. The minimum absolute atomic E-state index is 0.167. The molecule has 0 bridgehead atoms. The highest BCUT2D eigenvalue weighted by Gasteiger charge is 2.25. The Morgan fingerprint density at radius 1 is 0.957 bits per heavy atom. The zero-order valence-electron chi connectivity index (χ0n) is 13.3. The zero-order chi connectivity index (χ0) is 16.2. The Morgan fingerprint density at radius 2 is 1.57 bits per heavy atom. The molecule has 0 unspecified atom stereocenters. The number of rotatable bonds is 5. The van der Waals surface area contributed by atoms with Gasteiger partial charge in [-0.15, -0.1) is 0 Å². The van der Waals surface area contributed by atoms with Crippen molar-refractivity contribution in [1.82, 2.24) is 14.7 Å². The van der Waals surface area contributed by atoms with Crippen LogP contribution in [0.3, 0.4) is 0 Å². The van der Waals surface area contributed by atoms with Gasteiger partial charge in [0.1, 0.15) is 0 Å². The second kappa shape index (κ2) is 7.10. The third-order valence-corrected chi connectivity index (χ3v) is 4.63. The van der Waals surface area contributed by atoms with Gasteiger partial charge in [0.15, 0.2) is 0 Å². The molecule has 6 nitrogen and oxygen atoms in total. The SMILES string of the molecule is O=C(O)CCN1CCN(C(=O)CN2Cc3ccccc3C2)CC1. The molecule has 6 heteroatoms. The maximum atomic E-state index is 12.4. The van der Waals surface area contributed by atoms with Gasteiger partial charge in [-0.2, -0.15) is 0 Å². The molecule has 1 aromatic rings. The summed E-state index contributed by atoms with van der Waals surface area (Å²) in [5.41, 5.74) is 2.64. The lowest BCUT2D eigenvalue weighted by Crippen LogP contribution is -2.51. The van der Waals surface area contributed by atoms with Crippen LogP contribution in [0.4, 0.5) is 0 Å². The second-order valence-corrected chi connectivity index (χ2v) is 6.28. The number of carbonyl (C=O) groups excluding carboxylic acids is 1. The van der Waals surface area contributed by atoms with Crippen molar-refractivity contribution in [3.05, 3.63) is 35.4 Å². The first-order chi connectivity index (χ1) is 11.1. The molecular weight excluding hydrogens is 294 g/mol. The summed E-state index contributed by atoms with van der Waals surface area (Å²) >= 11 is 0. The lowest BCUT2D eigenvalue weighted by molar-refractivity contribution is -0.138. The van der Waals surface area contributed by atoms with Crippen molar-refractivity contribution in [3.63, 3.8) is 0 Å². The first-order valence-electron chi connectivity index (χ1n) is 8.13. The Morgan fingerprint density at radius 3 is 2.13 bits per heavy atom. The Bertz CT molecular complexity index is 557. The lowest BCUT2D eigenvalue weighted by atomic mass is 10.1. The quantitative estimate of drug-likeness (QED) is 0.862. The Balaban J connectivity index is 1.43. The van der Waals surface area contributed by atoms with Crippen LogP contribution in [-0.4, -0.2) is 71.0 Å². The monoisotopic (exact) mass is 317 g/mol. The van der Waals surface area contributed by atoms with Gasteiger partial charge in [0.05, 0.1) is 13.0 Å². The number of piperazine rings is 1. The van der Waals surface area contributed by atoms with E-state index in [1.807, 2.05) is 17.0 Å².